The van der Waals surface area contributed by atoms with Gasteiger partial charge in [-0.05, 0) is 48.9 Å². The van der Waals surface area contributed by atoms with Gasteiger partial charge in [0.25, 0.3) is 5.91 Å². The van der Waals surface area contributed by atoms with Gasteiger partial charge in [0, 0.05) is 5.56 Å². The van der Waals surface area contributed by atoms with Crippen molar-refractivity contribution in [1.29, 1.82) is 0 Å². The van der Waals surface area contributed by atoms with E-state index in [1.807, 2.05) is 43.3 Å². The van der Waals surface area contributed by atoms with Crippen LogP contribution >= 0.6 is 0 Å². The van der Waals surface area contributed by atoms with Crippen LogP contribution in [0.4, 0.5) is 5.69 Å². The fraction of sp³-hybridized carbons (Fsp3) is 0.158. The average molecular weight is 351 g/mol. The molecule has 0 radical (unpaired) electrons. The topological polar surface area (TPSA) is 85.5 Å². The van der Waals surface area contributed by atoms with Crippen LogP contribution in [0.2, 0.25) is 0 Å². The molecule has 0 atom stereocenters. The number of carbonyl (C=O) groups excluding carboxylic acids is 1. The number of methoxy groups -OCH3 is 1. The van der Waals surface area contributed by atoms with E-state index in [-0.39, 0.29) is 12.7 Å². The highest BCUT2D eigenvalue weighted by Crippen LogP contribution is 2.35. The zero-order chi connectivity index (χ0) is 18.1. The van der Waals surface area contributed by atoms with Crippen molar-refractivity contribution in [2.24, 2.45) is 0 Å². The first-order valence-electron chi connectivity index (χ1n) is 8.05. The predicted octanol–water partition coefficient (Wildman–Crippen LogP) is 3.37. The molecule has 1 aromatic heterocycles. The Balaban J connectivity index is 1.56. The number of carbonyl (C=O) groups is 1. The lowest BCUT2D eigenvalue weighted by atomic mass is 10.1. The molecule has 26 heavy (non-hydrogen) atoms. The lowest BCUT2D eigenvalue weighted by Crippen LogP contribution is -2.13. The van der Waals surface area contributed by atoms with Gasteiger partial charge in [-0.25, -0.2) is 0 Å². The minimum absolute atomic E-state index is 0.214. The molecule has 1 amide bonds. The molecule has 132 valence electrons. The molecule has 2 heterocycles. The minimum Gasteiger partial charge on any atom is -0.495 e. The molecule has 2 aromatic carbocycles. The van der Waals surface area contributed by atoms with Crippen molar-refractivity contribution in [1.82, 2.24) is 10.2 Å². The zero-order valence-corrected chi connectivity index (χ0v) is 14.3. The third-order valence-electron chi connectivity index (χ3n) is 4.09. The molecule has 7 nitrogen and oxygen atoms in total. The van der Waals surface area contributed by atoms with Crippen LogP contribution in [-0.4, -0.2) is 30.0 Å². The molecule has 0 saturated heterocycles. The standard InChI is InChI=1S/C19H17N3O4/c1-11-3-5-16(24-2)14(7-11)20-19(23)15-9-13(21-22-15)12-4-6-17-18(8-12)26-10-25-17/h3-9H,10H2,1-2H3,(H,20,23)(H,21,22). The SMILES string of the molecule is COc1ccc(C)cc1NC(=O)c1cc(-c2ccc3c(c2)OCO3)n[nH]1. The van der Waals surface area contributed by atoms with Gasteiger partial charge in [0.15, 0.2) is 11.5 Å². The number of fused-ring (bicyclic) bond motifs is 1. The molecule has 1 aliphatic rings. The van der Waals surface area contributed by atoms with E-state index in [1.54, 1.807) is 13.2 Å². The van der Waals surface area contributed by atoms with E-state index in [4.69, 9.17) is 14.2 Å². The monoisotopic (exact) mass is 351 g/mol. The van der Waals surface area contributed by atoms with Gasteiger partial charge < -0.3 is 19.5 Å². The molecular formula is C19H17N3O4. The summed E-state index contributed by atoms with van der Waals surface area (Å²) in [7, 11) is 1.56. The molecule has 3 aromatic rings. The van der Waals surface area contributed by atoms with Crippen LogP contribution in [0, 0.1) is 6.92 Å². The van der Waals surface area contributed by atoms with Gasteiger partial charge in [-0.3, -0.25) is 9.89 Å². The first-order chi connectivity index (χ1) is 12.6. The fourth-order valence-corrected chi connectivity index (χ4v) is 2.75. The summed E-state index contributed by atoms with van der Waals surface area (Å²) in [6.45, 7) is 2.16. The number of hydrogen-bond donors (Lipinski definition) is 2. The summed E-state index contributed by atoms with van der Waals surface area (Å²) in [6, 6.07) is 12.8. The molecule has 0 bridgehead atoms. The van der Waals surface area contributed by atoms with Gasteiger partial charge in [-0.2, -0.15) is 5.10 Å². The second kappa shape index (κ2) is 6.44. The normalized spacial score (nSPS) is 12.1. The molecule has 0 unspecified atom stereocenters. The number of amides is 1. The van der Waals surface area contributed by atoms with Crippen molar-refractivity contribution in [2.75, 3.05) is 19.2 Å². The van der Waals surface area contributed by atoms with Crippen LogP contribution in [0.1, 0.15) is 16.1 Å². The molecule has 2 N–H and O–H groups in total. The number of aryl methyl sites for hydroxylation is 1. The van der Waals surface area contributed by atoms with E-state index >= 15 is 0 Å². The molecular weight excluding hydrogens is 334 g/mol. The number of nitrogens with zero attached hydrogens (tertiary/aromatic N) is 1. The maximum absolute atomic E-state index is 12.5. The molecule has 0 spiro atoms. The van der Waals surface area contributed by atoms with E-state index in [0.29, 0.717) is 34.3 Å². The van der Waals surface area contributed by atoms with Crippen LogP contribution in [0.25, 0.3) is 11.3 Å². The Kier molecular flexibility index (Phi) is 3.96. The average Bonchev–Trinajstić information content (AvgIpc) is 3.30. The number of nitrogens with one attached hydrogen (secondary N) is 2. The highest BCUT2D eigenvalue weighted by molar-refractivity contribution is 6.04. The van der Waals surface area contributed by atoms with Crippen molar-refractivity contribution in [3.63, 3.8) is 0 Å². The van der Waals surface area contributed by atoms with Gasteiger partial charge in [0.1, 0.15) is 11.4 Å². The number of H-pyrrole nitrogens is 1. The van der Waals surface area contributed by atoms with Gasteiger partial charge in [0.05, 0.1) is 18.5 Å². The van der Waals surface area contributed by atoms with Crippen molar-refractivity contribution >= 4 is 11.6 Å². The maximum Gasteiger partial charge on any atom is 0.273 e. The van der Waals surface area contributed by atoms with Gasteiger partial charge in [0.2, 0.25) is 6.79 Å². The molecule has 0 saturated carbocycles. The van der Waals surface area contributed by atoms with Gasteiger partial charge in [-0.1, -0.05) is 6.07 Å². The number of benzene rings is 2. The van der Waals surface area contributed by atoms with E-state index in [0.717, 1.165) is 11.1 Å². The van der Waals surface area contributed by atoms with Crippen LogP contribution in [0.15, 0.2) is 42.5 Å². The van der Waals surface area contributed by atoms with Crippen LogP contribution in [0.5, 0.6) is 17.2 Å². The van der Waals surface area contributed by atoms with Crippen LogP contribution in [0.3, 0.4) is 0 Å². The summed E-state index contributed by atoms with van der Waals surface area (Å²) < 4.78 is 16.0. The molecule has 1 aliphatic heterocycles. The van der Waals surface area contributed by atoms with E-state index in [9.17, 15) is 4.79 Å². The number of anilines is 1. The summed E-state index contributed by atoms with van der Waals surface area (Å²) in [6.07, 6.45) is 0. The summed E-state index contributed by atoms with van der Waals surface area (Å²) in [5.74, 6) is 1.67. The Bertz CT molecular complexity index is 981. The molecule has 4 rings (SSSR count). The lowest BCUT2D eigenvalue weighted by molar-refractivity contribution is 0.102. The van der Waals surface area contributed by atoms with E-state index < -0.39 is 0 Å². The Morgan fingerprint density at radius 3 is 2.85 bits per heavy atom. The number of rotatable bonds is 4. The largest absolute Gasteiger partial charge is 0.495 e. The number of hydrogen-bond acceptors (Lipinski definition) is 5. The van der Waals surface area contributed by atoms with Gasteiger partial charge >= 0.3 is 0 Å². The minimum atomic E-state index is -0.298. The highest BCUT2D eigenvalue weighted by Gasteiger charge is 2.17. The summed E-state index contributed by atoms with van der Waals surface area (Å²) in [4.78, 5) is 12.5. The van der Waals surface area contributed by atoms with E-state index in [1.165, 1.54) is 0 Å². The third-order valence-corrected chi connectivity index (χ3v) is 4.09. The number of ether oxygens (including phenoxy) is 3. The Morgan fingerprint density at radius 2 is 2.00 bits per heavy atom. The second-order valence-corrected chi connectivity index (χ2v) is 5.89. The maximum atomic E-state index is 12.5. The fourth-order valence-electron chi connectivity index (χ4n) is 2.75. The summed E-state index contributed by atoms with van der Waals surface area (Å²) in [5, 5.41) is 9.84. The Morgan fingerprint density at radius 1 is 1.15 bits per heavy atom. The van der Waals surface area contributed by atoms with Gasteiger partial charge in [-0.15, -0.1) is 0 Å². The second-order valence-electron chi connectivity index (χ2n) is 5.89. The predicted molar refractivity (Wildman–Crippen MR) is 95.8 cm³/mol. The van der Waals surface area contributed by atoms with Crippen molar-refractivity contribution in [2.45, 2.75) is 6.92 Å². The van der Waals surface area contributed by atoms with Crippen molar-refractivity contribution in [3.8, 4) is 28.5 Å². The quantitative estimate of drug-likeness (QED) is 0.753. The molecule has 0 fully saturated rings. The first-order valence-corrected chi connectivity index (χ1v) is 8.05. The molecule has 7 heteroatoms. The summed E-state index contributed by atoms with van der Waals surface area (Å²) in [5.41, 5.74) is 3.45. The number of aromatic nitrogens is 2. The summed E-state index contributed by atoms with van der Waals surface area (Å²) >= 11 is 0. The Labute approximate surface area is 149 Å². The van der Waals surface area contributed by atoms with Crippen LogP contribution in [-0.2, 0) is 0 Å². The Hall–Kier alpha value is -3.48. The zero-order valence-electron chi connectivity index (χ0n) is 14.3. The van der Waals surface area contributed by atoms with E-state index in [2.05, 4.69) is 15.5 Å². The highest BCUT2D eigenvalue weighted by atomic mass is 16.7. The molecule has 0 aliphatic carbocycles. The first kappa shape index (κ1) is 16.0. The van der Waals surface area contributed by atoms with Crippen LogP contribution < -0.4 is 19.5 Å². The smallest absolute Gasteiger partial charge is 0.273 e. The van der Waals surface area contributed by atoms with Crippen molar-refractivity contribution in [3.05, 3.63) is 53.7 Å². The van der Waals surface area contributed by atoms with Crippen molar-refractivity contribution < 1.29 is 19.0 Å². The number of aromatic amines is 1. The lowest BCUT2D eigenvalue weighted by Gasteiger charge is -2.10. The third kappa shape index (κ3) is 2.95.